The molecule has 3 aromatic rings. The molecule has 1 unspecified atom stereocenters. The van der Waals surface area contributed by atoms with Gasteiger partial charge in [0.1, 0.15) is 18.1 Å². The van der Waals surface area contributed by atoms with E-state index in [2.05, 4.69) is 20.3 Å². The molecule has 1 aromatic carbocycles. The van der Waals surface area contributed by atoms with Gasteiger partial charge >= 0.3 is 0 Å². The van der Waals surface area contributed by atoms with Crippen molar-refractivity contribution in [2.45, 2.75) is 25.1 Å². The number of hydrogen-bond donors (Lipinski definition) is 1. The number of carbonyl (C=O) groups is 1. The zero-order valence-corrected chi connectivity index (χ0v) is 14.4. The number of likely N-dealkylation sites (tertiary alicyclic amines) is 1. The third-order valence-corrected chi connectivity index (χ3v) is 4.66. The van der Waals surface area contributed by atoms with Crippen molar-refractivity contribution in [2.24, 2.45) is 0 Å². The minimum absolute atomic E-state index is 0.00433. The van der Waals surface area contributed by atoms with Crippen molar-refractivity contribution < 1.29 is 9.53 Å². The van der Waals surface area contributed by atoms with Crippen molar-refractivity contribution in [1.82, 2.24) is 29.9 Å². The molecule has 8 heteroatoms. The van der Waals surface area contributed by atoms with Crippen LogP contribution in [0.5, 0.6) is 0 Å². The molecule has 2 atom stereocenters. The summed E-state index contributed by atoms with van der Waals surface area (Å²) in [5.41, 5.74) is 1.72. The average molecular weight is 352 g/mol. The third kappa shape index (κ3) is 3.23. The van der Waals surface area contributed by atoms with E-state index in [0.29, 0.717) is 6.54 Å². The van der Waals surface area contributed by atoms with Gasteiger partial charge < -0.3 is 14.6 Å². The van der Waals surface area contributed by atoms with Crippen LogP contribution in [-0.2, 0) is 16.1 Å². The molecule has 0 spiro atoms. The maximum absolute atomic E-state index is 12.9. The van der Waals surface area contributed by atoms with Crippen LogP contribution in [0, 0.1) is 0 Å². The number of amides is 1. The minimum Gasteiger partial charge on any atom is -0.380 e. The molecule has 4 rings (SSSR count). The highest BCUT2D eigenvalue weighted by molar-refractivity contribution is 5.77. The summed E-state index contributed by atoms with van der Waals surface area (Å²) in [6.07, 6.45) is 5.98. The second-order valence-corrected chi connectivity index (χ2v) is 6.30. The van der Waals surface area contributed by atoms with Crippen molar-refractivity contribution in [3.8, 4) is 11.3 Å². The molecule has 8 nitrogen and oxygen atoms in total. The van der Waals surface area contributed by atoms with Crippen LogP contribution in [0.1, 0.15) is 18.3 Å². The Hall–Kier alpha value is -3.00. The second kappa shape index (κ2) is 7.09. The molecule has 2 aromatic heterocycles. The molecular weight excluding hydrogens is 332 g/mol. The van der Waals surface area contributed by atoms with Gasteiger partial charge in [-0.3, -0.25) is 4.79 Å². The number of ether oxygens (including phenoxy) is 1. The van der Waals surface area contributed by atoms with Gasteiger partial charge in [0, 0.05) is 38.0 Å². The fourth-order valence-corrected chi connectivity index (χ4v) is 3.31. The Labute approximate surface area is 150 Å². The summed E-state index contributed by atoms with van der Waals surface area (Å²) in [6.45, 7) is 0.675. The lowest BCUT2D eigenvalue weighted by Crippen LogP contribution is -2.35. The van der Waals surface area contributed by atoms with E-state index in [1.165, 1.54) is 0 Å². The summed E-state index contributed by atoms with van der Waals surface area (Å²) in [4.78, 5) is 22.1. The smallest absolute Gasteiger partial charge is 0.245 e. The number of methoxy groups -OCH3 is 1. The van der Waals surface area contributed by atoms with Crippen molar-refractivity contribution >= 4 is 5.91 Å². The first-order valence-electron chi connectivity index (χ1n) is 8.51. The monoisotopic (exact) mass is 352 g/mol. The van der Waals surface area contributed by atoms with Crippen molar-refractivity contribution in [1.29, 1.82) is 0 Å². The maximum atomic E-state index is 12.9. The summed E-state index contributed by atoms with van der Waals surface area (Å²) in [5, 5.41) is 8.26. The van der Waals surface area contributed by atoms with Gasteiger partial charge in [-0.1, -0.05) is 35.5 Å². The molecule has 1 fully saturated rings. The van der Waals surface area contributed by atoms with Crippen molar-refractivity contribution in [2.75, 3.05) is 13.7 Å². The largest absolute Gasteiger partial charge is 0.380 e. The quantitative estimate of drug-likeness (QED) is 0.754. The molecule has 1 N–H and O–H groups in total. The van der Waals surface area contributed by atoms with Gasteiger partial charge in [0.25, 0.3) is 0 Å². The predicted molar refractivity (Wildman–Crippen MR) is 93.9 cm³/mol. The third-order valence-electron chi connectivity index (χ3n) is 4.66. The summed E-state index contributed by atoms with van der Waals surface area (Å²) in [6, 6.07) is 9.66. The van der Waals surface area contributed by atoms with Gasteiger partial charge in [0.15, 0.2) is 0 Å². The minimum atomic E-state index is -0.112. The number of benzene rings is 1. The standard InChI is InChI=1S/C18H20N6O2/c1-26-14-9-16(18-19-7-8-20-18)24(10-14)17(25)12-23-11-15(21-22-23)13-5-3-2-4-6-13/h2-8,11,14,16H,9-10,12H2,1H3,(H,19,20)/t14-,16?/m1/s1. The number of nitrogens with one attached hydrogen (secondary N) is 1. The van der Waals surface area contributed by atoms with Crippen LogP contribution in [0.25, 0.3) is 11.3 Å². The van der Waals surface area contributed by atoms with Crippen LogP contribution in [0.3, 0.4) is 0 Å². The second-order valence-electron chi connectivity index (χ2n) is 6.30. The van der Waals surface area contributed by atoms with Gasteiger partial charge in [0.2, 0.25) is 5.91 Å². The summed E-state index contributed by atoms with van der Waals surface area (Å²) in [5.74, 6) is 0.747. The Kier molecular flexibility index (Phi) is 4.49. The molecular formula is C18H20N6O2. The van der Waals surface area contributed by atoms with Gasteiger partial charge in [-0.2, -0.15) is 0 Å². The number of aromatic amines is 1. The van der Waals surface area contributed by atoms with Crippen LogP contribution in [0.15, 0.2) is 48.9 Å². The molecule has 1 aliphatic rings. The number of nitrogens with zero attached hydrogens (tertiary/aromatic N) is 5. The molecule has 3 heterocycles. The number of imidazole rings is 1. The van der Waals surface area contributed by atoms with E-state index >= 15 is 0 Å². The Bertz CT molecular complexity index is 861. The Morgan fingerprint density at radius 2 is 2.19 bits per heavy atom. The van der Waals surface area contributed by atoms with Crippen LogP contribution < -0.4 is 0 Å². The predicted octanol–water partition coefficient (Wildman–Crippen LogP) is 1.66. The van der Waals surface area contributed by atoms with E-state index in [-0.39, 0.29) is 24.6 Å². The zero-order valence-electron chi connectivity index (χ0n) is 14.4. The highest BCUT2D eigenvalue weighted by Crippen LogP contribution is 2.31. The molecule has 134 valence electrons. The van der Waals surface area contributed by atoms with Crippen LogP contribution in [-0.4, -0.2) is 55.5 Å². The van der Waals surface area contributed by atoms with E-state index in [1.807, 2.05) is 30.3 Å². The number of aromatic nitrogens is 5. The molecule has 1 amide bonds. The normalized spacial score (nSPS) is 19.8. The Morgan fingerprint density at radius 3 is 2.92 bits per heavy atom. The summed E-state index contributed by atoms with van der Waals surface area (Å²) in [7, 11) is 1.67. The fourth-order valence-electron chi connectivity index (χ4n) is 3.31. The van der Waals surface area contributed by atoms with Gasteiger partial charge in [-0.25, -0.2) is 9.67 Å². The Balaban J connectivity index is 1.49. The topological polar surface area (TPSA) is 88.9 Å². The number of H-pyrrole nitrogens is 1. The van der Waals surface area contributed by atoms with E-state index in [9.17, 15) is 4.79 Å². The number of carbonyl (C=O) groups excluding carboxylic acids is 1. The molecule has 1 saturated heterocycles. The lowest BCUT2D eigenvalue weighted by atomic mass is 10.2. The van der Waals surface area contributed by atoms with Gasteiger partial charge in [-0.15, -0.1) is 5.10 Å². The van der Waals surface area contributed by atoms with Gasteiger partial charge in [0.05, 0.1) is 18.3 Å². The Morgan fingerprint density at radius 1 is 1.35 bits per heavy atom. The molecule has 0 aliphatic carbocycles. The molecule has 1 aliphatic heterocycles. The first kappa shape index (κ1) is 16.5. The van der Waals surface area contributed by atoms with E-state index in [1.54, 1.807) is 35.3 Å². The molecule has 0 radical (unpaired) electrons. The number of hydrogen-bond acceptors (Lipinski definition) is 5. The highest BCUT2D eigenvalue weighted by Gasteiger charge is 2.37. The van der Waals surface area contributed by atoms with Crippen LogP contribution in [0.2, 0.25) is 0 Å². The van der Waals surface area contributed by atoms with Crippen molar-refractivity contribution in [3.05, 3.63) is 54.7 Å². The van der Waals surface area contributed by atoms with E-state index < -0.39 is 0 Å². The molecule has 0 bridgehead atoms. The van der Waals surface area contributed by atoms with Crippen molar-refractivity contribution in [3.63, 3.8) is 0 Å². The van der Waals surface area contributed by atoms with E-state index in [0.717, 1.165) is 23.5 Å². The van der Waals surface area contributed by atoms with Crippen LogP contribution >= 0.6 is 0 Å². The first-order valence-corrected chi connectivity index (χ1v) is 8.51. The van der Waals surface area contributed by atoms with E-state index in [4.69, 9.17) is 4.74 Å². The molecule has 0 saturated carbocycles. The zero-order chi connectivity index (χ0) is 17.9. The first-order chi connectivity index (χ1) is 12.7. The summed E-state index contributed by atoms with van der Waals surface area (Å²) >= 11 is 0. The lowest BCUT2D eigenvalue weighted by Gasteiger charge is -2.22. The fraction of sp³-hybridized carbons (Fsp3) is 0.333. The highest BCUT2D eigenvalue weighted by atomic mass is 16.5. The summed E-state index contributed by atoms with van der Waals surface area (Å²) < 4.78 is 7.04. The van der Waals surface area contributed by atoms with Crippen LogP contribution in [0.4, 0.5) is 0 Å². The lowest BCUT2D eigenvalue weighted by molar-refractivity contribution is -0.133. The van der Waals surface area contributed by atoms with Gasteiger partial charge in [-0.05, 0) is 0 Å². The number of rotatable bonds is 5. The average Bonchev–Trinajstić information content (AvgIpc) is 3.42. The maximum Gasteiger partial charge on any atom is 0.245 e. The molecule has 26 heavy (non-hydrogen) atoms. The SMILES string of the molecule is CO[C@@H]1CC(c2ncc[nH]2)N(C(=O)Cn2cc(-c3ccccc3)nn2)C1.